The number of aromatic amines is 2. The summed E-state index contributed by atoms with van der Waals surface area (Å²) in [7, 11) is 2.68. The number of aromatic nitrogens is 3. The van der Waals surface area contributed by atoms with E-state index in [1.54, 1.807) is 49.7 Å². The van der Waals surface area contributed by atoms with Crippen LogP contribution in [0.1, 0.15) is 50.4 Å². The summed E-state index contributed by atoms with van der Waals surface area (Å²) in [5, 5.41) is 29.9. The molecule has 26 heteroatoms. The molecule has 3 heterocycles. The van der Waals surface area contributed by atoms with Crippen LogP contribution in [0, 0.1) is 0 Å². The Morgan fingerprint density at radius 1 is 0.764 bits per heavy atom. The van der Waals surface area contributed by atoms with Crippen LogP contribution in [0.25, 0.3) is 10.9 Å². The molecule has 2 aromatic carbocycles. The van der Waals surface area contributed by atoms with Gasteiger partial charge in [0.15, 0.2) is 12.2 Å². The van der Waals surface area contributed by atoms with Crippen LogP contribution in [0.5, 0.6) is 0 Å². The maximum absolute atomic E-state index is 14.6. The predicted molar refractivity (Wildman–Crippen MR) is 272 cm³/mol. The lowest BCUT2D eigenvalue weighted by molar-refractivity contribution is -0.135. The maximum Gasteiger partial charge on any atom is 0.320 e. The third kappa shape index (κ3) is 15.8. The molecule has 0 spiro atoms. The molecule has 4 aromatic rings. The Bertz CT molecular complexity index is 2540. The predicted octanol–water partition coefficient (Wildman–Crippen LogP) is -1.48. The van der Waals surface area contributed by atoms with Crippen LogP contribution in [-0.4, -0.2) is 151 Å². The number of nitrogens with one attached hydrogen (secondary N) is 9. The maximum atomic E-state index is 14.6. The van der Waals surface area contributed by atoms with Gasteiger partial charge in [-0.25, -0.2) is 9.78 Å². The standard InChI is InChI=1S/C46H63N15O9S2/c1-24(54-39(64)26(3)61-44(69)25(2)55-46(61)70)38(63)57-35(19-29-21-50-23-53-29)43(68)58-33(17-27-11-6-5-7-12-27)41(66)56-32(15-10-16-51-45(48)49)40(65)59-34(42(67)60-36(37(47)62)22-72-71-4)18-28-20-52-31-14-9-8-13-30(28)31/h5-9,11-14,20-21,23-26,32-36,44,52,69H,10,15-19,22H2,1-4H3,(H2,47,62)(H,50,53)(H,54,64)(H,55,70)(H,56,66)(H,57,63)(H,58,68)(H,59,65)(H,60,67)(H4,48,49,51). The summed E-state index contributed by atoms with van der Waals surface area (Å²) >= 11 is 0. The summed E-state index contributed by atoms with van der Waals surface area (Å²) < 4.78 is 0. The van der Waals surface area contributed by atoms with E-state index in [1.807, 2.05) is 24.3 Å². The highest BCUT2D eigenvalue weighted by atomic mass is 33.1. The molecule has 16 N–H and O–H groups in total. The van der Waals surface area contributed by atoms with Crippen LogP contribution in [0.4, 0.5) is 4.79 Å². The van der Waals surface area contributed by atoms with Gasteiger partial charge in [-0.3, -0.25) is 43.5 Å². The highest BCUT2D eigenvalue weighted by Gasteiger charge is 2.41. The number of aliphatic imine (C=N–C) groups is 1. The van der Waals surface area contributed by atoms with Crippen molar-refractivity contribution in [2.45, 2.75) is 107 Å². The van der Waals surface area contributed by atoms with Crippen molar-refractivity contribution >= 4 is 85.8 Å². The van der Waals surface area contributed by atoms with Crippen LogP contribution in [0.3, 0.4) is 0 Å². The summed E-state index contributed by atoms with van der Waals surface area (Å²) in [4.78, 5) is 124. The smallest absolute Gasteiger partial charge is 0.320 e. The summed E-state index contributed by atoms with van der Waals surface area (Å²) in [6.07, 6.45) is 4.90. The van der Waals surface area contributed by atoms with Crippen LogP contribution < -0.4 is 54.4 Å². The molecule has 5 rings (SSSR count). The van der Waals surface area contributed by atoms with Crippen molar-refractivity contribution in [2.24, 2.45) is 22.2 Å². The molecule has 24 nitrogen and oxygen atoms in total. The number of imidazole rings is 1. The molecule has 9 amide bonds. The number of guanidine groups is 1. The lowest BCUT2D eigenvalue weighted by atomic mass is 10.0. The molecule has 0 aliphatic carbocycles. The third-order valence-corrected chi connectivity index (χ3v) is 13.5. The van der Waals surface area contributed by atoms with Gasteiger partial charge in [-0.1, -0.05) is 70.1 Å². The Hall–Kier alpha value is -7.32. The van der Waals surface area contributed by atoms with Crippen molar-refractivity contribution in [1.29, 1.82) is 0 Å². The van der Waals surface area contributed by atoms with Crippen molar-refractivity contribution in [3.05, 3.63) is 90.1 Å². The fourth-order valence-electron chi connectivity index (χ4n) is 7.74. The number of para-hydroxylation sites is 1. The number of rotatable bonds is 27. The van der Waals surface area contributed by atoms with E-state index in [0.29, 0.717) is 16.8 Å². The highest BCUT2D eigenvalue weighted by Crippen LogP contribution is 2.21. The normalized spacial score (nSPS) is 17.2. The largest absolute Gasteiger partial charge is 0.371 e. The number of carbonyl (C=O) groups is 8. The summed E-state index contributed by atoms with van der Waals surface area (Å²) in [5.41, 5.74) is 19.3. The average molecular weight is 1030 g/mol. The second-order valence-electron chi connectivity index (χ2n) is 17.1. The average Bonchev–Trinajstić information content (AvgIpc) is 4.08. The number of aliphatic hydroxyl groups excluding tert-OH is 1. The van der Waals surface area contributed by atoms with Gasteiger partial charge in [0, 0.05) is 60.6 Å². The van der Waals surface area contributed by atoms with Gasteiger partial charge in [0.25, 0.3) is 0 Å². The van der Waals surface area contributed by atoms with E-state index in [2.05, 4.69) is 57.2 Å². The van der Waals surface area contributed by atoms with Gasteiger partial charge >= 0.3 is 6.03 Å². The minimum Gasteiger partial charge on any atom is -0.371 e. The van der Waals surface area contributed by atoms with E-state index >= 15 is 0 Å². The quantitative estimate of drug-likeness (QED) is 0.0140. The molecule has 0 bridgehead atoms. The number of urea groups is 1. The Morgan fingerprint density at radius 2 is 1.36 bits per heavy atom. The Balaban J connectivity index is 1.40. The number of nitrogens with two attached hydrogens (primary N) is 3. The van der Waals surface area contributed by atoms with Gasteiger partial charge in [-0.15, -0.1) is 0 Å². The lowest BCUT2D eigenvalue weighted by Gasteiger charge is -2.28. The zero-order valence-electron chi connectivity index (χ0n) is 40.2. The van der Waals surface area contributed by atoms with Crippen molar-refractivity contribution in [1.82, 2.24) is 57.1 Å². The van der Waals surface area contributed by atoms with Crippen LogP contribution in [0.15, 0.2) is 78.3 Å². The minimum atomic E-state index is -1.37. The first-order chi connectivity index (χ1) is 34.4. The number of benzene rings is 2. The first-order valence-electron chi connectivity index (χ1n) is 23.0. The number of hydrogen-bond acceptors (Lipinski definition) is 13. The van der Waals surface area contributed by atoms with Crippen molar-refractivity contribution in [3.63, 3.8) is 0 Å². The molecule has 72 heavy (non-hydrogen) atoms. The number of hydrogen-bond donors (Lipinski definition) is 13. The molecular formula is C46H63N15O9S2. The zero-order chi connectivity index (χ0) is 52.5. The molecule has 9 unspecified atom stereocenters. The molecule has 1 aliphatic rings. The van der Waals surface area contributed by atoms with E-state index in [9.17, 15) is 43.5 Å². The zero-order valence-corrected chi connectivity index (χ0v) is 41.8. The monoisotopic (exact) mass is 1030 g/mol. The molecule has 0 radical (unpaired) electrons. The van der Waals surface area contributed by atoms with Gasteiger partial charge < -0.3 is 69.5 Å². The summed E-state index contributed by atoms with van der Waals surface area (Å²) in [6.45, 7) is 4.40. The molecule has 0 saturated carbocycles. The second-order valence-corrected chi connectivity index (χ2v) is 19.7. The van der Waals surface area contributed by atoms with Crippen LogP contribution in [0.2, 0.25) is 0 Å². The Kier molecular flexibility index (Phi) is 20.7. The molecule has 2 aromatic heterocycles. The number of fused-ring (bicyclic) bond motifs is 1. The summed E-state index contributed by atoms with van der Waals surface area (Å²) in [5.74, 6) is -5.49. The molecule has 388 valence electrons. The van der Waals surface area contributed by atoms with Crippen molar-refractivity contribution in [2.75, 3.05) is 18.6 Å². The number of primary amides is 1. The van der Waals surface area contributed by atoms with E-state index in [4.69, 9.17) is 17.2 Å². The van der Waals surface area contributed by atoms with Crippen molar-refractivity contribution in [3.8, 4) is 0 Å². The highest BCUT2D eigenvalue weighted by molar-refractivity contribution is 8.76. The van der Waals surface area contributed by atoms with E-state index in [0.717, 1.165) is 15.8 Å². The number of nitrogens with zero attached hydrogens (tertiary/aromatic N) is 3. The second kappa shape index (κ2) is 26.8. The fourth-order valence-corrected chi connectivity index (χ4v) is 9.08. The number of H-pyrrole nitrogens is 2. The van der Waals surface area contributed by atoms with Gasteiger partial charge in [0.1, 0.15) is 42.3 Å². The number of amides is 9. The van der Waals surface area contributed by atoms with Gasteiger partial charge in [-0.05, 0) is 57.1 Å². The third-order valence-electron chi connectivity index (χ3n) is 11.7. The first-order valence-corrected chi connectivity index (χ1v) is 25.7. The molecule has 9 atom stereocenters. The summed E-state index contributed by atoms with van der Waals surface area (Å²) in [6, 6.07) is 5.89. The van der Waals surface area contributed by atoms with E-state index in [1.165, 1.54) is 48.0 Å². The van der Waals surface area contributed by atoms with Crippen LogP contribution >= 0.6 is 21.6 Å². The first kappa shape index (κ1) is 55.6. The molecular weight excluding hydrogens is 971 g/mol. The molecule has 1 aliphatic heterocycles. The molecule has 1 saturated heterocycles. The van der Waals surface area contributed by atoms with E-state index < -0.39 is 102 Å². The number of carbonyl (C=O) groups excluding carboxylic acids is 8. The topological polar surface area (TPSA) is 379 Å². The van der Waals surface area contributed by atoms with Gasteiger partial charge in [0.2, 0.25) is 41.4 Å². The van der Waals surface area contributed by atoms with Crippen LogP contribution in [-0.2, 0) is 52.8 Å². The van der Waals surface area contributed by atoms with E-state index in [-0.39, 0.29) is 50.4 Å². The fraction of sp³-hybridized carbons (Fsp3) is 0.435. The van der Waals surface area contributed by atoms with Crippen molar-refractivity contribution < 1.29 is 43.5 Å². The number of aliphatic hydroxyl groups is 1. The SMILES string of the molecule is CSSCC(NC(=O)C(Cc1c[nH]c2ccccc12)NC(=O)C(CCCN=C(N)N)NC(=O)C(Cc1ccccc1)NC(=O)C(Cc1cnc[nH]1)NC(=O)C(C)NC(=O)C(C)N1C(=O)NC(C)C1O)C(N)=O. The Labute approximate surface area is 423 Å². The minimum absolute atomic E-state index is 0.0349. The Morgan fingerprint density at radius 3 is 1.97 bits per heavy atom. The van der Waals surface area contributed by atoms with Gasteiger partial charge in [-0.2, -0.15) is 0 Å². The molecule has 1 fully saturated rings. The lowest BCUT2D eigenvalue weighted by Crippen LogP contribution is -2.60. The van der Waals surface area contributed by atoms with Gasteiger partial charge in [0.05, 0.1) is 12.4 Å².